The second kappa shape index (κ2) is 5.91. The first-order valence-electron chi connectivity index (χ1n) is 5.51. The number of nitrogens with one attached hydrogen (secondary N) is 1. The highest BCUT2D eigenvalue weighted by molar-refractivity contribution is 5.24. The molecular formula is C12H15N5. The quantitative estimate of drug-likeness (QED) is 0.741. The molecule has 17 heavy (non-hydrogen) atoms. The summed E-state index contributed by atoms with van der Waals surface area (Å²) < 4.78 is 0. The molecule has 88 valence electrons. The normalized spacial score (nSPS) is 10.4. The lowest BCUT2D eigenvalue weighted by atomic mass is 10.2. The van der Waals surface area contributed by atoms with Gasteiger partial charge in [-0.25, -0.2) is 9.97 Å². The first-order chi connectivity index (χ1) is 8.34. The van der Waals surface area contributed by atoms with Crippen molar-refractivity contribution in [2.24, 2.45) is 0 Å². The standard InChI is InChI=1S/C12H15N5/c13-11-4-7-16-12(17-11)9-15-6-3-10-2-1-5-14-8-10/h1-2,4-5,7-8,15H,3,6,9H2,(H2,13,16,17). The van der Waals surface area contributed by atoms with Gasteiger partial charge in [-0.05, 0) is 30.7 Å². The molecule has 2 rings (SSSR count). The third-order valence-corrected chi connectivity index (χ3v) is 2.32. The number of aromatic nitrogens is 3. The van der Waals surface area contributed by atoms with E-state index < -0.39 is 0 Å². The van der Waals surface area contributed by atoms with Crippen molar-refractivity contribution in [1.29, 1.82) is 0 Å². The lowest BCUT2D eigenvalue weighted by Gasteiger charge is -2.04. The summed E-state index contributed by atoms with van der Waals surface area (Å²) in [6, 6.07) is 5.68. The first-order valence-corrected chi connectivity index (χ1v) is 5.51. The van der Waals surface area contributed by atoms with Crippen molar-refractivity contribution in [3.8, 4) is 0 Å². The van der Waals surface area contributed by atoms with E-state index in [0.29, 0.717) is 12.4 Å². The molecule has 2 heterocycles. The van der Waals surface area contributed by atoms with Crippen LogP contribution in [0.4, 0.5) is 5.82 Å². The van der Waals surface area contributed by atoms with E-state index in [1.807, 2.05) is 12.3 Å². The Morgan fingerprint density at radius 1 is 1.24 bits per heavy atom. The smallest absolute Gasteiger partial charge is 0.144 e. The van der Waals surface area contributed by atoms with Gasteiger partial charge in [-0.1, -0.05) is 6.07 Å². The van der Waals surface area contributed by atoms with Crippen LogP contribution in [0.1, 0.15) is 11.4 Å². The molecule has 0 aliphatic heterocycles. The second-order valence-corrected chi connectivity index (χ2v) is 3.69. The molecule has 0 aliphatic carbocycles. The minimum absolute atomic E-state index is 0.504. The van der Waals surface area contributed by atoms with Gasteiger partial charge >= 0.3 is 0 Å². The van der Waals surface area contributed by atoms with Crippen LogP contribution in [0.3, 0.4) is 0 Å². The van der Waals surface area contributed by atoms with E-state index in [1.165, 1.54) is 5.56 Å². The predicted molar refractivity (Wildman–Crippen MR) is 66.1 cm³/mol. The molecule has 2 aromatic heterocycles. The highest BCUT2D eigenvalue weighted by atomic mass is 15.0. The number of nitrogens with zero attached hydrogens (tertiary/aromatic N) is 3. The van der Waals surface area contributed by atoms with Crippen molar-refractivity contribution in [3.63, 3.8) is 0 Å². The van der Waals surface area contributed by atoms with Crippen LogP contribution in [-0.2, 0) is 13.0 Å². The Morgan fingerprint density at radius 3 is 2.94 bits per heavy atom. The second-order valence-electron chi connectivity index (χ2n) is 3.69. The van der Waals surface area contributed by atoms with Gasteiger partial charge in [-0.2, -0.15) is 0 Å². The van der Waals surface area contributed by atoms with E-state index >= 15 is 0 Å². The maximum Gasteiger partial charge on any atom is 0.144 e. The van der Waals surface area contributed by atoms with E-state index in [1.54, 1.807) is 18.5 Å². The van der Waals surface area contributed by atoms with Crippen LogP contribution in [-0.4, -0.2) is 21.5 Å². The summed E-state index contributed by atoms with van der Waals surface area (Å²) in [5, 5.41) is 3.27. The summed E-state index contributed by atoms with van der Waals surface area (Å²) in [6.45, 7) is 1.50. The summed E-state index contributed by atoms with van der Waals surface area (Å²) in [5.74, 6) is 1.22. The van der Waals surface area contributed by atoms with Crippen LogP contribution < -0.4 is 11.1 Å². The average molecular weight is 229 g/mol. The lowest BCUT2D eigenvalue weighted by molar-refractivity contribution is 0.659. The van der Waals surface area contributed by atoms with Gasteiger partial charge < -0.3 is 11.1 Å². The van der Waals surface area contributed by atoms with Gasteiger partial charge in [0.15, 0.2) is 0 Å². The summed E-state index contributed by atoms with van der Waals surface area (Å²) >= 11 is 0. The van der Waals surface area contributed by atoms with Crippen molar-refractivity contribution in [2.75, 3.05) is 12.3 Å². The molecule has 2 aromatic rings. The van der Waals surface area contributed by atoms with Gasteiger partial charge in [-0.15, -0.1) is 0 Å². The number of pyridine rings is 1. The number of hydrogen-bond acceptors (Lipinski definition) is 5. The van der Waals surface area contributed by atoms with Crippen molar-refractivity contribution in [2.45, 2.75) is 13.0 Å². The topological polar surface area (TPSA) is 76.7 Å². The summed E-state index contributed by atoms with van der Waals surface area (Å²) in [4.78, 5) is 12.3. The monoisotopic (exact) mass is 229 g/mol. The maximum atomic E-state index is 5.57. The Balaban J connectivity index is 1.73. The van der Waals surface area contributed by atoms with E-state index in [-0.39, 0.29) is 0 Å². The fourth-order valence-electron chi connectivity index (χ4n) is 1.48. The van der Waals surface area contributed by atoms with Gasteiger partial charge in [0.2, 0.25) is 0 Å². The van der Waals surface area contributed by atoms with Crippen LogP contribution >= 0.6 is 0 Å². The number of nitrogen functional groups attached to an aromatic ring is 1. The van der Waals surface area contributed by atoms with Crippen molar-refractivity contribution in [1.82, 2.24) is 20.3 Å². The SMILES string of the molecule is Nc1ccnc(CNCCc2cccnc2)n1. The average Bonchev–Trinajstić information content (AvgIpc) is 2.36. The Bertz CT molecular complexity index is 457. The van der Waals surface area contributed by atoms with Gasteiger partial charge in [0.25, 0.3) is 0 Å². The Hall–Kier alpha value is -2.01. The van der Waals surface area contributed by atoms with Crippen LogP contribution in [0.2, 0.25) is 0 Å². The molecule has 0 saturated carbocycles. The third kappa shape index (κ3) is 3.81. The summed E-state index contributed by atoms with van der Waals surface area (Å²) in [5.41, 5.74) is 6.78. The maximum absolute atomic E-state index is 5.57. The van der Waals surface area contributed by atoms with Crippen molar-refractivity contribution in [3.05, 3.63) is 48.2 Å². The van der Waals surface area contributed by atoms with E-state index in [0.717, 1.165) is 18.8 Å². The van der Waals surface area contributed by atoms with Gasteiger partial charge in [0.1, 0.15) is 11.6 Å². The first kappa shape index (κ1) is 11.5. The van der Waals surface area contributed by atoms with E-state index in [4.69, 9.17) is 5.73 Å². The Morgan fingerprint density at radius 2 is 2.18 bits per heavy atom. The number of hydrogen-bond donors (Lipinski definition) is 2. The molecular weight excluding hydrogens is 214 g/mol. The highest BCUT2D eigenvalue weighted by Gasteiger charge is 1.97. The van der Waals surface area contributed by atoms with Crippen LogP contribution in [0, 0.1) is 0 Å². The lowest BCUT2D eigenvalue weighted by Crippen LogP contribution is -2.18. The number of anilines is 1. The molecule has 0 aromatic carbocycles. The number of nitrogens with two attached hydrogens (primary N) is 1. The van der Waals surface area contributed by atoms with Crippen molar-refractivity contribution >= 4 is 5.82 Å². The molecule has 0 unspecified atom stereocenters. The van der Waals surface area contributed by atoms with Crippen LogP contribution in [0.25, 0.3) is 0 Å². The van der Waals surface area contributed by atoms with Gasteiger partial charge in [0, 0.05) is 18.6 Å². The van der Waals surface area contributed by atoms with E-state index in [2.05, 4.69) is 26.3 Å². The largest absolute Gasteiger partial charge is 0.384 e. The summed E-state index contributed by atoms with van der Waals surface area (Å²) in [7, 11) is 0. The zero-order valence-corrected chi connectivity index (χ0v) is 9.50. The van der Waals surface area contributed by atoms with Gasteiger partial charge in [0.05, 0.1) is 6.54 Å². The predicted octanol–water partition coefficient (Wildman–Crippen LogP) is 0.786. The minimum Gasteiger partial charge on any atom is -0.384 e. The Kier molecular flexibility index (Phi) is 3.99. The number of rotatable bonds is 5. The fraction of sp³-hybridized carbons (Fsp3) is 0.250. The molecule has 0 atom stereocenters. The highest BCUT2D eigenvalue weighted by Crippen LogP contribution is 1.97. The molecule has 5 heteroatoms. The molecule has 3 N–H and O–H groups in total. The van der Waals surface area contributed by atoms with E-state index in [9.17, 15) is 0 Å². The Labute approximate surface area is 100 Å². The molecule has 0 aliphatic rings. The molecule has 0 spiro atoms. The molecule has 0 saturated heterocycles. The molecule has 0 bridgehead atoms. The van der Waals surface area contributed by atoms with Gasteiger partial charge in [-0.3, -0.25) is 4.98 Å². The van der Waals surface area contributed by atoms with Crippen LogP contribution in [0.15, 0.2) is 36.8 Å². The van der Waals surface area contributed by atoms with Crippen molar-refractivity contribution < 1.29 is 0 Å². The molecule has 0 radical (unpaired) electrons. The van der Waals surface area contributed by atoms with Crippen LogP contribution in [0.5, 0.6) is 0 Å². The zero-order chi connectivity index (χ0) is 11.9. The third-order valence-electron chi connectivity index (χ3n) is 2.32. The molecule has 0 amide bonds. The fourth-order valence-corrected chi connectivity index (χ4v) is 1.48. The molecule has 5 nitrogen and oxygen atoms in total. The molecule has 0 fully saturated rings. The zero-order valence-electron chi connectivity index (χ0n) is 9.50. The minimum atomic E-state index is 0.504. The summed E-state index contributed by atoms with van der Waals surface area (Å²) in [6.07, 6.45) is 6.26.